The number of hydrogen-bond acceptors (Lipinski definition) is 4. The first kappa shape index (κ1) is 8.12. The first-order chi connectivity index (χ1) is 4.52. The average Bonchev–Trinajstić information content (AvgIpc) is 2.11. The maximum atomic E-state index is 10.6. The zero-order valence-electron chi connectivity index (χ0n) is 4.61. The molecule has 0 bridgehead atoms. The van der Waals surface area contributed by atoms with Gasteiger partial charge in [0, 0.05) is 0 Å². The van der Waals surface area contributed by atoms with Crippen LogP contribution in [0.5, 0.6) is 0 Å². The van der Waals surface area contributed by atoms with Crippen molar-refractivity contribution in [3.63, 3.8) is 0 Å². The van der Waals surface area contributed by atoms with Crippen LogP contribution in [0.1, 0.15) is 0 Å². The molecule has 4 nitrogen and oxygen atoms in total. The van der Waals surface area contributed by atoms with Crippen molar-refractivity contribution in [1.82, 2.24) is 4.37 Å². The van der Waals surface area contributed by atoms with Gasteiger partial charge in [-0.15, -0.1) is 0 Å². The molecule has 0 radical (unpaired) electrons. The fourth-order valence-electron chi connectivity index (χ4n) is 0.405. The highest BCUT2D eigenvalue weighted by Gasteiger charge is 2.14. The third-order valence-corrected chi connectivity index (χ3v) is 4.14. The number of sulfonamides is 1. The highest BCUT2D eigenvalue weighted by Crippen LogP contribution is 2.23. The zero-order chi connectivity index (χ0) is 7.78. The van der Waals surface area contributed by atoms with Gasteiger partial charge in [-0.05, 0) is 27.5 Å². The van der Waals surface area contributed by atoms with Gasteiger partial charge in [-0.25, -0.2) is 13.6 Å². The Bertz CT molecular complexity index is 330. The SMILES string of the molecule is NS(=O)(=O)c1sncc1Br. The predicted molar refractivity (Wildman–Crippen MR) is 41.2 cm³/mol. The lowest BCUT2D eigenvalue weighted by atomic mass is 10.8. The van der Waals surface area contributed by atoms with E-state index in [9.17, 15) is 8.42 Å². The highest BCUT2D eigenvalue weighted by molar-refractivity contribution is 9.10. The lowest BCUT2D eigenvalue weighted by Crippen LogP contribution is -2.10. The third kappa shape index (κ3) is 1.54. The van der Waals surface area contributed by atoms with Crippen LogP contribution in [0.25, 0.3) is 0 Å². The summed E-state index contributed by atoms with van der Waals surface area (Å²) in [5, 5.41) is 4.81. The van der Waals surface area contributed by atoms with Gasteiger partial charge in [-0.1, -0.05) is 0 Å². The Morgan fingerprint density at radius 1 is 1.70 bits per heavy atom. The van der Waals surface area contributed by atoms with Gasteiger partial charge in [0.25, 0.3) is 0 Å². The molecule has 0 atom stereocenters. The normalized spacial score (nSPS) is 11.8. The second-order valence-electron chi connectivity index (χ2n) is 1.51. The first-order valence-electron chi connectivity index (χ1n) is 2.15. The molecule has 0 unspecified atom stereocenters. The van der Waals surface area contributed by atoms with Gasteiger partial charge in [-0.2, -0.15) is 4.37 Å². The Morgan fingerprint density at radius 3 is 2.50 bits per heavy atom. The molecule has 1 rings (SSSR count). The first-order valence-corrected chi connectivity index (χ1v) is 5.26. The number of halogens is 1. The molecule has 1 heterocycles. The van der Waals surface area contributed by atoms with Crippen LogP contribution < -0.4 is 5.14 Å². The molecule has 0 saturated carbocycles. The van der Waals surface area contributed by atoms with Crippen molar-refractivity contribution in [2.24, 2.45) is 5.14 Å². The second-order valence-corrected chi connectivity index (χ2v) is 4.92. The van der Waals surface area contributed by atoms with Gasteiger partial charge in [0.05, 0.1) is 10.7 Å². The summed E-state index contributed by atoms with van der Waals surface area (Å²) in [5.41, 5.74) is 0. The minimum Gasteiger partial charge on any atom is -0.224 e. The molecule has 0 amide bonds. The molecule has 0 aliphatic rings. The topological polar surface area (TPSA) is 73.1 Å². The fourth-order valence-corrected chi connectivity index (χ4v) is 2.80. The van der Waals surface area contributed by atoms with Crippen LogP contribution in [0.4, 0.5) is 0 Å². The van der Waals surface area contributed by atoms with E-state index in [0.717, 1.165) is 11.5 Å². The summed E-state index contributed by atoms with van der Waals surface area (Å²) in [6.45, 7) is 0. The number of nitrogens with zero attached hydrogens (tertiary/aromatic N) is 1. The molecule has 0 aliphatic heterocycles. The predicted octanol–water partition coefficient (Wildman–Crippen LogP) is 0.553. The molecule has 0 saturated heterocycles. The Kier molecular flexibility index (Phi) is 2.09. The van der Waals surface area contributed by atoms with Crippen LogP contribution in [-0.4, -0.2) is 12.8 Å². The maximum Gasteiger partial charge on any atom is 0.250 e. The summed E-state index contributed by atoms with van der Waals surface area (Å²) < 4.78 is 25.4. The summed E-state index contributed by atoms with van der Waals surface area (Å²) in [7, 11) is -3.58. The van der Waals surface area contributed by atoms with Crippen molar-refractivity contribution in [3.8, 4) is 0 Å². The average molecular weight is 243 g/mol. The Labute approximate surface area is 70.4 Å². The Morgan fingerprint density at radius 2 is 2.30 bits per heavy atom. The molecule has 56 valence electrons. The van der Waals surface area contributed by atoms with Gasteiger partial charge in [0.1, 0.15) is 0 Å². The van der Waals surface area contributed by atoms with E-state index < -0.39 is 10.0 Å². The monoisotopic (exact) mass is 242 g/mol. The third-order valence-electron chi connectivity index (χ3n) is 0.755. The van der Waals surface area contributed by atoms with Crippen molar-refractivity contribution in [3.05, 3.63) is 10.7 Å². The van der Waals surface area contributed by atoms with E-state index in [4.69, 9.17) is 5.14 Å². The molecular formula is C3H3BrN2O2S2. The molecule has 10 heavy (non-hydrogen) atoms. The lowest BCUT2D eigenvalue weighted by Gasteiger charge is -1.89. The maximum absolute atomic E-state index is 10.6. The molecule has 0 fully saturated rings. The van der Waals surface area contributed by atoms with E-state index >= 15 is 0 Å². The van der Waals surface area contributed by atoms with E-state index in [1.54, 1.807) is 0 Å². The molecule has 1 aromatic rings. The van der Waals surface area contributed by atoms with Crippen LogP contribution in [0.2, 0.25) is 0 Å². The molecule has 1 aromatic heterocycles. The number of hydrogen-bond donors (Lipinski definition) is 1. The number of rotatable bonds is 1. The Hall–Kier alpha value is 0.0200. The minimum atomic E-state index is -3.58. The van der Waals surface area contributed by atoms with Gasteiger partial charge in [0.15, 0.2) is 4.21 Å². The number of primary sulfonamides is 1. The summed E-state index contributed by atoms with van der Waals surface area (Å²) in [5.74, 6) is 0. The van der Waals surface area contributed by atoms with Crippen LogP contribution in [0, 0.1) is 0 Å². The minimum absolute atomic E-state index is 0.0625. The highest BCUT2D eigenvalue weighted by atomic mass is 79.9. The summed E-state index contributed by atoms with van der Waals surface area (Å²) in [6, 6.07) is 0. The van der Waals surface area contributed by atoms with Crippen molar-refractivity contribution in [2.45, 2.75) is 4.21 Å². The molecule has 0 aliphatic carbocycles. The van der Waals surface area contributed by atoms with Crippen LogP contribution in [0.3, 0.4) is 0 Å². The summed E-state index contributed by atoms with van der Waals surface area (Å²) >= 11 is 3.84. The lowest BCUT2D eigenvalue weighted by molar-refractivity contribution is 0.599. The zero-order valence-corrected chi connectivity index (χ0v) is 7.83. The fraction of sp³-hybridized carbons (Fsp3) is 0. The largest absolute Gasteiger partial charge is 0.250 e. The van der Waals surface area contributed by atoms with Gasteiger partial charge < -0.3 is 0 Å². The van der Waals surface area contributed by atoms with Crippen LogP contribution in [-0.2, 0) is 10.0 Å². The second kappa shape index (κ2) is 2.57. The van der Waals surface area contributed by atoms with Crippen molar-refractivity contribution >= 4 is 37.5 Å². The van der Waals surface area contributed by atoms with E-state index in [1.165, 1.54) is 6.20 Å². The van der Waals surface area contributed by atoms with Crippen molar-refractivity contribution in [2.75, 3.05) is 0 Å². The van der Waals surface area contributed by atoms with Crippen molar-refractivity contribution < 1.29 is 8.42 Å². The molecule has 2 N–H and O–H groups in total. The van der Waals surface area contributed by atoms with E-state index in [1.807, 2.05) is 0 Å². The molecular weight excluding hydrogens is 240 g/mol. The van der Waals surface area contributed by atoms with Crippen LogP contribution in [0.15, 0.2) is 14.9 Å². The standard InChI is InChI=1S/C3H3BrN2O2S2/c4-2-1-6-9-3(2)10(5,7)8/h1H,(H2,5,7,8). The Balaban J connectivity index is 3.32. The molecule has 0 spiro atoms. The molecule has 0 aromatic carbocycles. The number of nitrogens with two attached hydrogens (primary N) is 1. The van der Waals surface area contributed by atoms with Crippen molar-refractivity contribution in [1.29, 1.82) is 0 Å². The van der Waals surface area contributed by atoms with E-state index in [0.29, 0.717) is 4.47 Å². The summed E-state index contributed by atoms with van der Waals surface area (Å²) in [6.07, 6.45) is 1.39. The summed E-state index contributed by atoms with van der Waals surface area (Å²) in [4.78, 5) is 0. The van der Waals surface area contributed by atoms with Crippen LogP contribution >= 0.6 is 27.5 Å². The quantitative estimate of drug-likeness (QED) is 0.782. The van der Waals surface area contributed by atoms with E-state index in [-0.39, 0.29) is 4.21 Å². The number of aromatic nitrogens is 1. The smallest absolute Gasteiger partial charge is 0.224 e. The molecule has 7 heteroatoms. The van der Waals surface area contributed by atoms with Gasteiger partial charge >= 0.3 is 0 Å². The van der Waals surface area contributed by atoms with Gasteiger partial charge in [-0.3, -0.25) is 0 Å². The van der Waals surface area contributed by atoms with Gasteiger partial charge in [0.2, 0.25) is 10.0 Å². The van der Waals surface area contributed by atoms with E-state index in [2.05, 4.69) is 20.3 Å².